The molecule has 0 saturated carbocycles. The van der Waals surface area contributed by atoms with Crippen LogP contribution in [0.4, 0.5) is 5.69 Å². The summed E-state index contributed by atoms with van der Waals surface area (Å²) in [6.45, 7) is 6.42. The first-order valence-electron chi connectivity index (χ1n) is 9.91. The van der Waals surface area contributed by atoms with Crippen molar-refractivity contribution in [2.75, 3.05) is 18.1 Å². The third-order valence-electron chi connectivity index (χ3n) is 5.04. The van der Waals surface area contributed by atoms with Crippen molar-refractivity contribution < 1.29 is 14.3 Å². The van der Waals surface area contributed by atoms with Crippen molar-refractivity contribution >= 4 is 17.5 Å². The van der Waals surface area contributed by atoms with Crippen molar-refractivity contribution in [1.82, 2.24) is 5.32 Å². The number of fused-ring (bicyclic) bond motifs is 1. The van der Waals surface area contributed by atoms with E-state index in [1.807, 2.05) is 37.3 Å². The molecule has 28 heavy (non-hydrogen) atoms. The fraction of sp³-hybridized carbons (Fsp3) is 0.391. The van der Waals surface area contributed by atoms with Crippen LogP contribution in [-0.4, -0.2) is 25.0 Å². The molecule has 1 aliphatic rings. The Balaban J connectivity index is 1.77. The second-order valence-corrected chi connectivity index (χ2v) is 7.23. The number of para-hydroxylation sites is 1. The highest BCUT2D eigenvalue weighted by molar-refractivity contribution is 6.06. The third kappa shape index (κ3) is 4.35. The number of carbonyl (C=O) groups excluding carboxylic acids is 2. The van der Waals surface area contributed by atoms with E-state index in [0.29, 0.717) is 13.2 Å². The van der Waals surface area contributed by atoms with Gasteiger partial charge in [0.15, 0.2) is 0 Å². The molecule has 1 N–H and O–H groups in total. The van der Waals surface area contributed by atoms with E-state index < -0.39 is 6.04 Å². The zero-order chi connectivity index (χ0) is 20.1. The minimum Gasteiger partial charge on any atom is -0.491 e. The smallest absolute Gasteiger partial charge is 0.254 e. The summed E-state index contributed by atoms with van der Waals surface area (Å²) >= 11 is 0. The van der Waals surface area contributed by atoms with E-state index in [1.54, 1.807) is 4.90 Å². The van der Waals surface area contributed by atoms with E-state index in [0.717, 1.165) is 41.8 Å². The maximum absolute atomic E-state index is 13.0. The van der Waals surface area contributed by atoms with E-state index >= 15 is 0 Å². The normalized spacial score (nSPS) is 15.5. The zero-order valence-corrected chi connectivity index (χ0v) is 16.8. The first kappa shape index (κ1) is 19.9. The number of amides is 2. The Labute approximate surface area is 166 Å². The molecular weight excluding hydrogens is 352 g/mol. The Bertz CT molecular complexity index is 863. The number of nitrogens with zero attached hydrogens (tertiary/aromatic N) is 1. The van der Waals surface area contributed by atoms with Gasteiger partial charge in [0.25, 0.3) is 5.91 Å². The van der Waals surface area contributed by atoms with Gasteiger partial charge in [0.2, 0.25) is 5.91 Å². The predicted octanol–water partition coefficient (Wildman–Crippen LogP) is 3.94. The lowest BCUT2D eigenvalue weighted by Crippen LogP contribution is -2.38. The number of hydrogen-bond donors (Lipinski definition) is 1. The summed E-state index contributed by atoms with van der Waals surface area (Å²) in [6.07, 6.45) is 3.19. The van der Waals surface area contributed by atoms with Crippen LogP contribution in [0, 0.1) is 6.92 Å². The standard InChI is InChI=1S/C23H28N2O3/c1-4-5-9-18-11-12-20-19(15-18)22(24-17(3)26)23(27)25(20)13-14-28-21-10-7-6-8-16(21)2/h6-8,10-12,15,22H,4-5,9,13-14H2,1-3H3,(H,24,26). The van der Waals surface area contributed by atoms with Gasteiger partial charge in [0.1, 0.15) is 18.4 Å². The van der Waals surface area contributed by atoms with Crippen molar-refractivity contribution in [3.63, 3.8) is 0 Å². The van der Waals surface area contributed by atoms with Crippen LogP contribution < -0.4 is 15.0 Å². The molecule has 0 saturated heterocycles. The van der Waals surface area contributed by atoms with Crippen molar-refractivity contribution in [2.45, 2.75) is 46.1 Å². The number of unbranched alkanes of at least 4 members (excludes halogenated alkanes) is 1. The maximum atomic E-state index is 13.0. The molecule has 1 heterocycles. The first-order valence-corrected chi connectivity index (χ1v) is 9.91. The predicted molar refractivity (Wildman–Crippen MR) is 111 cm³/mol. The van der Waals surface area contributed by atoms with Crippen LogP contribution in [0.15, 0.2) is 42.5 Å². The second kappa shape index (κ2) is 8.91. The molecule has 0 spiro atoms. The molecular formula is C23H28N2O3. The Morgan fingerprint density at radius 2 is 2.00 bits per heavy atom. The highest BCUT2D eigenvalue weighted by atomic mass is 16.5. The van der Waals surface area contributed by atoms with Crippen molar-refractivity contribution in [2.24, 2.45) is 0 Å². The quantitative estimate of drug-likeness (QED) is 0.755. The van der Waals surface area contributed by atoms with Gasteiger partial charge in [-0.3, -0.25) is 9.59 Å². The van der Waals surface area contributed by atoms with E-state index in [1.165, 1.54) is 12.5 Å². The van der Waals surface area contributed by atoms with Crippen LogP contribution in [0.5, 0.6) is 5.75 Å². The topological polar surface area (TPSA) is 58.6 Å². The van der Waals surface area contributed by atoms with Crippen molar-refractivity contribution in [1.29, 1.82) is 0 Å². The number of nitrogens with one attached hydrogen (secondary N) is 1. The van der Waals surface area contributed by atoms with Gasteiger partial charge in [-0.25, -0.2) is 0 Å². The fourth-order valence-corrected chi connectivity index (χ4v) is 3.56. The number of benzene rings is 2. The molecule has 0 fully saturated rings. The number of carbonyl (C=O) groups is 2. The number of anilines is 1. The van der Waals surface area contributed by atoms with Crippen LogP contribution in [0.2, 0.25) is 0 Å². The van der Waals surface area contributed by atoms with Crippen LogP contribution in [0.25, 0.3) is 0 Å². The van der Waals surface area contributed by atoms with E-state index in [4.69, 9.17) is 4.74 Å². The summed E-state index contributed by atoms with van der Waals surface area (Å²) in [7, 11) is 0. The van der Waals surface area contributed by atoms with Crippen LogP contribution in [0.1, 0.15) is 49.4 Å². The van der Waals surface area contributed by atoms with Gasteiger partial charge >= 0.3 is 0 Å². The Morgan fingerprint density at radius 3 is 2.71 bits per heavy atom. The molecule has 1 aliphatic heterocycles. The molecule has 2 aromatic carbocycles. The molecule has 0 aromatic heterocycles. The molecule has 0 aliphatic carbocycles. The van der Waals surface area contributed by atoms with E-state index in [9.17, 15) is 9.59 Å². The molecule has 5 heteroatoms. The van der Waals surface area contributed by atoms with Gasteiger partial charge in [-0.15, -0.1) is 0 Å². The van der Waals surface area contributed by atoms with Gasteiger partial charge in [-0.2, -0.15) is 0 Å². The molecule has 0 bridgehead atoms. The molecule has 1 atom stereocenters. The lowest BCUT2D eigenvalue weighted by atomic mass is 10.0. The average molecular weight is 380 g/mol. The maximum Gasteiger partial charge on any atom is 0.254 e. The SMILES string of the molecule is CCCCc1ccc2c(c1)C(NC(C)=O)C(=O)N2CCOc1ccccc1C. The highest BCUT2D eigenvalue weighted by Gasteiger charge is 2.37. The van der Waals surface area contributed by atoms with Gasteiger partial charge in [0.05, 0.1) is 6.54 Å². The molecule has 1 unspecified atom stereocenters. The van der Waals surface area contributed by atoms with E-state index in [-0.39, 0.29) is 11.8 Å². The minimum atomic E-state index is -0.618. The zero-order valence-electron chi connectivity index (χ0n) is 16.8. The molecule has 2 aromatic rings. The average Bonchev–Trinajstić information content (AvgIpc) is 2.92. The van der Waals surface area contributed by atoms with Crippen LogP contribution in [-0.2, 0) is 16.0 Å². The van der Waals surface area contributed by atoms with Crippen molar-refractivity contribution in [3.05, 3.63) is 59.2 Å². The first-order chi connectivity index (χ1) is 13.5. The molecule has 3 rings (SSSR count). The van der Waals surface area contributed by atoms with Crippen molar-refractivity contribution in [3.8, 4) is 5.75 Å². The minimum absolute atomic E-state index is 0.105. The summed E-state index contributed by atoms with van der Waals surface area (Å²) in [5, 5.41) is 2.81. The summed E-state index contributed by atoms with van der Waals surface area (Å²) in [4.78, 5) is 26.4. The van der Waals surface area contributed by atoms with Gasteiger partial charge in [-0.05, 0) is 43.0 Å². The summed E-state index contributed by atoms with van der Waals surface area (Å²) in [6, 6.07) is 13.3. The van der Waals surface area contributed by atoms with Crippen LogP contribution in [0.3, 0.4) is 0 Å². The molecule has 2 amide bonds. The largest absolute Gasteiger partial charge is 0.491 e. The number of ether oxygens (including phenoxy) is 1. The Hall–Kier alpha value is -2.82. The second-order valence-electron chi connectivity index (χ2n) is 7.23. The van der Waals surface area contributed by atoms with E-state index in [2.05, 4.69) is 24.4 Å². The number of hydrogen-bond acceptors (Lipinski definition) is 3. The van der Waals surface area contributed by atoms with Gasteiger partial charge in [-0.1, -0.05) is 43.7 Å². The van der Waals surface area contributed by atoms with Crippen LogP contribution >= 0.6 is 0 Å². The Morgan fingerprint density at radius 1 is 1.21 bits per heavy atom. The number of aryl methyl sites for hydroxylation is 2. The lowest BCUT2D eigenvalue weighted by Gasteiger charge is -2.19. The summed E-state index contributed by atoms with van der Waals surface area (Å²) < 4.78 is 5.87. The third-order valence-corrected chi connectivity index (χ3v) is 5.04. The lowest BCUT2D eigenvalue weighted by molar-refractivity contribution is -0.126. The monoisotopic (exact) mass is 380 g/mol. The van der Waals surface area contributed by atoms with Gasteiger partial charge in [0, 0.05) is 18.2 Å². The molecule has 148 valence electrons. The molecule has 0 radical (unpaired) electrons. The summed E-state index contributed by atoms with van der Waals surface area (Å²) in [5.41, 5.74) is 4.00. The highest BCUT2D eigenvalue weighted by Crippen LogP contribution is 2.36. The van der Waals surface area contributed by atoms with Gasteiger partial charge < -0.3 is 15.0 Å². The molecule has 5 nitrogen and oxygen atoms in total. The Kier molecular flexibility index (Phi) is 6.34. The fourth-order valence-electron chi connectivity index (χ4n) is 3.56. The summed E-state index contributed by atoms with van der Waals surface area (Å²) in [5.74, 6) is 0.509. The number of rotatable bonds is 8.